The summed E-state index contributed by atoms with van der Waals surface area (Å²) in [5.41, 5.74) is 3.64. The van der Waals surface area contributed by atoms with Crippen LogP contribution in [0.15, 0.2) is 18.2 Å². The number of ether oxygens (including phenoxy) is 2. The van der Waals surface area contributed by atoms with Crippen LogP contribution in [0.1, 0.15) is 23.0 Å². The molecule has 1 heterocycles. The average molecular weight is 221 g/mol. The molecule has 0 atom stereocenters. The van der Waals surface area contributed by atoms with E-state index >= 15 is 0 Å². The summed E-state index contributed by atoms with van der Waals surface area (Å²) >= 11 is 0. The molecular weight excluding hydrogens is 202 g/mol. The Morgan fingerprint density at radius 3 is 2.44 bits per heavy atom. The Balaban J connectivity index is 2.08. The van der Waals surface area contributed by atoms with Gasteiger partial charge < -0.3 is 14.8 Å². The molecule has 88 valence electrons. The van der Waals surface area contributed by atoms with Gasteiger partial charge in [-0.05, 0) is 26.5 Å². The van der Waals surface area contributed by atoms with E-state index in [2.05, 4.69) is 37.4 Å². The Labute approximate surface area is 96.8 Å². The van der Waals surface area contributed by atoms with Crippen molar-refractivity contribution >= 4 is 0 Å². The summed E-state index contributed by atoms with van der Waals surface area (Å²) < 4.78 is 11.4. The fraction of sp³-hybridized carbons (Fsp3) is 0.538. The number of benzene rings is 1. The van der Waals surface area contributed by atoms with Crippen LogP contribution in [0.4, 0.5) is 0 Å². The summed E-state index contributed by atoms with van der Waals surface area (Å²) in [7, 11) is 1.93. The predicted octanol–water partition coefficient (Wildman–Crippen LogP) is 1.94. The molecule has 1 aliphatic heterocycles. The number of nitrogens with one attached hydrogen (secondary N) is 1. The lowest BCUT2D eigenvalue weighted by Gasteiger charge is -2.30. The topological polar surface area (TPSA) is 30.5 Å². The molecule has 0 aliphatic carbocycles. The quantitative estimate of drug-likeness (QED) is 0.828. The Morgan fingerprint density at radius 2 is 1.88 bits per heavy atom. The van der Waals surface area contributed by atoms with Crippen LogP contribution in [0.3, 0.4) is 0 Å². The Bertz CT molecular complexity index is 357. The highest BCUT2D eigenvalue weighted by Gasteiger charge is 2.23. The number of aryl methyl sites for hydroxylation is 2. The van der Waals surface area contributed by atoms with E-state index in [-0.39, 0.29) is 6.29 Å². The van der Waals surface area contributed by atoms with E-state index in [4.69, 9.17) is 9.47 Å². The van der Waals surface area contributed by atoms with Crippen LogP contribution < -0.4 is 5.32 Å². The van der Waals surface area contributed by atoms with Crippen LogP contribution in [-0.2, 0) is 9.47 Å². The van der Waals surface area contributed by atoms with Crippen LogP contribution >= 0.6 is 0 Å². The third-order valence-corrected chi connectivity index (χ3v) is 2.99. The van der Waals surface area contributed by atoms with Gasteiger partial charge in [-0.15, -0.1) is 0 Å². The molecule has 16 heavy (non-hydrogen) atoms. The second-order valence-corrected chi connectivity index (χ2v) is 4.34. The molecule has 0 bridgehead atoms. The minimum Gasteiger partial charge on any atom is -0.347 e. The molecule has 0 spiro atoms. The summed E-state index contributed by atoms with van der Waals surface area (Å²) in [4.78, 5) is 0. The van der Waals surface area contributed by atoms with Crippen molar-refractivity contribution in [3.8, 4) is 0 Å². The van der Waals surface area contributed by atoms with Gasteiger partial charge in [-0.1, -0.05) is 23.8 Å². The van der Waals surface area contributed by atoms with Gasteiger partial charge in [0.1, 0.15) is 0 Å². The first-order valence-corrected chi connectivity index (χ1v) is 5.68. The van der Waals surface area contributed by atoms with Gasteiger partial charge in [0.15, 0.2) is 6.29 Å². The number of hydrogen-bond donors (Lipinski definition) is 1. The molecule has 2 rings (SSSR count). The summed E-state index contributed by atoms with van der Waals surface area (Å²) in [5, 5.41) is 3.15. The second-order valence-electron chi connectivity index (χ2n) is 4.34. The number of rotatable bonds is 2. The van der Waals surface area contributed by atoms with Crippen LogP contribution in [-0.4, -0.2) is 26.3 Å². The van der Waals surface area contributed by atoms with Gasteiger partial charge in [-0.2, -0.15) is 0 Å². The van der Waals surface area contributed by atoms with Gasteiger partial charge >= 0.3 is 0 Å². The highest BCUT2D eigenvalue weighted by Crippen LogP contribution is 2.26. The predicted molar refractivity (Wildman–Crippen MR) is 63.4 cm³/mol. The molecule has 1 aliphatic rings. The third-order valence-electron chi connectivity index (χ3n) is 2.99. The first-order chi connectivity index (χ1) is 7.70. The molecule has 0 amide bonds. The standard InChI is InChI=1S/C13H19NO2/c1-9-4-5-12(10(2)6-9)13-15-7-11(14-3)8-16-13/h4-6,11,13-14H,7-8H2,1-3H3. The second kappa shape index (κ2) is 4.95. The van der Waals surface area contributed by atoms with Crippen molar-refractivity contribution in [2.45, 2.75) is 26.2 Å². The maximum Gasteiger partial charge on any atom is 0.184 e. The minimum absolute atomic E-state index is 0.204. The van der Waals surface area contributed by atoms with Gasteiger partial charge in [0.25, 0.3) is 0 Å². The lowest BCUT2D eigenvalue weighted by molar-refractivity contribution is -0.193. The lowest BCUT2D eigenvalue weighted by atomic mass is 10.1. The molecule has 1 saturated heterocycles. The monoisotopic (exact) mass is 221 g/mol. The molecule has 1 aromatic carbocycles. The first-order valence-electron chi connectivity index (χ1n) is 5.68. The van der Waals surface area contributed by atoms with Gasteiger partial charge in [0, 0.05) is 5.56 Å². The maximum absolute atomic E-state index is 5.70. The van der Waals surface area contributed by atoms with Crippen molar-refractivity contribution in [1.29, 1.82) is 0 Å². The van der Waals surface area contributed by atoms with E-state index in [1.165, 1.54) is 11.1 Å². The molecule has 3 heteroatoms. The van der Waals surface area contributed by atoms with Crippen molar-refractivity contribution in [2.75, 3.05) is 20.3 Å². The Kier molecular flexibility index (Phi) is 3.59. The zero-order valence-electron chi connectivity index (χ0n) is 10.1. The first kappa shape index (κ1) is 11.6. The van der Waals surface area contributed by atoms with Gasteiger partial charge in [-0.25, -0.2) is 0 Å². The van der Waals surface area contributed by atoms with Crippen LogP contribution in [0.5, 0.6) is 0 Å². The lowest BCUT2D eigenvalue weighted by Crippen LogP contribution is -2.40. The number of likely N-dealkylation sites (N-methyl/N-ethyl adjacent to an activating group) is 1. The van der Waals surface area contributed by atoms with Crippen LogP contribution in [0.25, 0.3) is 0 Å². The van der Waals surface area contributed by atoms with Crippen LogP contribution in [0, 0.1) is 13.8 Å². The summed E-state index contributed by atoms with van der Waals surface area (Å²) in [6, 6.07) is 6.66. The van der Waals surface area contributed by atoms with E-state index in [9.17, 15) is 0 Å². The normalized spacial score (nSPS) is 25.7. The van der Waals surface area contributed by atoms with E-state index in [0.717, 1.165) is 5.56 Å². The fourth-order valence-electron chi connectivity index (χ4n) is 1.94. The van der Waals surface area contributed by atoms with Crippen molar-refractivity contribution in [1.82, 2.24) is 5.32 Å². The number of hydrogen-bond acceptors (Lipinski definition) is 3. The molecule has 0 saturated carbocycles. The molecule has 1 aromatic rings. The van der Waals surface area contributed by atoms with Gasteiger partial charge in [-0.3, -0.25) is 0 Å². The van der Waals surface area contributed by atoms with E-state index in [1.54, 1.807) is 0 Å². The Morgan fingerprint density at radius 1 is 1.19 bits per heavy atom. The molecule has 1 N–H and O–H groups in total. The highest BCUT2D eigenvalue weighted by molar-refractivity contribution is 5.31. The van der Waals surface area contributed by atoms with Crippen molar-refractivity contribution in [3.63, 3.8) is 0 Å². The summed E-state index contributed by atoms with van der Waals surface area (Å²) in [6.07, 6.45) is -0.204. The Hall–Kier alpha value is -0.900. The highest BCUT2D eigenvalue weighted by atomic mass is 16.7. The SMILES string of the molecule is CNC1COC(c2ccc(C)cc2C)OC1. The smallest absolute Gasteiger partial charge is 0.184 e. The van der Waals surface area contributed by atoms with Crippen molar-refractivity contribution in [3.05, 3.63) is 34.9 Å². The zero-order chi connectivity index (χ0) is 11.5. The maximum atomic E-state index is 5.70. The molecule has 0 radical (unpaired) electrons. The zero-order valence-corrected chi connectivity index (χ0v) is 10.1. The third kappa shape index (κ3) is 2.43. The average Bonchev–Trinajstić information content (AvgIpc) is 2.29. The molecule has 1 fully saturated rings. The van der Waals surface area contributed by atoms with Gasteiger partial charge in [0.05, 0.1) is 19.3 Å². The van der Waals surface area contributed by atoms with Gasteiger partial charge in [0.2, 0.25) is 0 Å². The summed E-state index contributed by atoms with van der Waals surface area (Å²) in [6.45, 7) is 5.60. The molecule has 0 unspecified atom stereocenters. The largest absolute Gasteiger partial charge is 0.347 e. The molecule has 3 nitrogen and oxygen atoms in total. The minimum atomic E-state index is -0.204. The fourth-order valence-corrected chi connectivity index (χ4v) is 1.94. The van der Waals surface area contributed by atoms with E-state index in [1.807, 2.05) is 7.05 Å². The molecular formula is C13H19NO2. The van der Waals surface area contributed by atoms with Crippen LogP contribution in [0.2, 0.25) is 0 Å². The van der Waals surface area contributed by atoms with Crippen molar-refractivity contribution in [2.24, 2.45) is 0 Å². The van der Waals surface area contributed by atoms with Crippen molar-refractivity contribution < 1.29 is 9.47 Å². The van der Waals surface area contributed by atoms with E-state index < -0.39 is 0 Å². The van der Waals surface area contributed by atoms with E-state index in [0.29, 0.717) is 19.3 Å². The molecule has 0 aromatic heterocycles. The summed E-state index contributed by atoms with van der Waals surface area (Å²) in [5.74, 6) is 0.